The lowest BCUT2D eigenvalue weighted by Gasteiger charge is -2.19. The Morgan fingerprint density at radius 2 is 1.71 bits per heavy atom. The summed E-state index contributed by atoms with van der Waals surface area (Å²) >= 11 is 0. The number of rotatable bonds is 7. The van der Waals surface area contributed by atoms with Crippen molar-refractivity contribution in [3.8, 4) is 11.3 Å². The van der Waals surface area contributed by atoms with Crippen LogP contribution in [0.5, 0.6) is 0 Å². The minimum atomic E-state index is -0.270. The van der Waals surface area contributed by atoms with Gasteiger partial charge in [0.05, 0.1) is 24.5 Å². The first-order valence-corrected chi connectivity index (χ1v) is 10.6. The molecule has 1 atom stereocenters. The summed E-state index contributed by atoms with van der Waals surface area (Å²) in [4.78, 5) is 32.5. The first-order valence-electron chi connectivity index (χ1n) is 10.6. The minimum Gasteiger partial charge on any atom is -0.345 e. The van der Waals surface area contributed by atoms with Crippen LogP contribution in [0.15, 0.2) is 60.8 Å². The molecule has 1 heterocycles. The largest absolute Gasteiger partial charge is 0.345 e. The molecule has 0 aliphatic carbocycles. The Morgan fingerprint density at radius 3 is 2.32 bits per heavy atom. The van der Waals surface area contributed by atoms with Gasteiger partial charge in [0, 0.05) is 5.56 Å². The highest BCUT2D eigenvalue weighted by Gasteiger charge is 2.18. The van der Waals surface area contributed by atoms with Gasteiger partial charge in [0.2, 0.25) is 5.91 Å². The first-order chi connectivity index (χ1) is 14.8. The molecule has 0 fully saturated rings. The lowest BCUT2D eigenvalue weighted by molar-refractivity contribution is -0.121. The van der Waals surface area contributed by atoms with Gasteiger partial charge in [-0.15, -0.1) is 0 Å². The fourth-order valence-electron chi connectivity index (χ4n) is 3.27. The summed E-state index contributed by atoms with van der Waals surface area (Å²) in [5, 5.41) is 5.62. The molecule has 162 valence electrons. The fraction of sp³-hybridized carbons (Fsp3) is 0.320. The Labute approximate surface area is 183 Å². The summed E-state index contributed by atoms with van der Waals surface area (Å²) in [6.45, 7) is 8.25. The number of amides is 2. The van der Waals surface area contributed by atoms with Gasteiger partial charge in [0.1, 0.15) is 5.82 Å². The van der Waals surface area contributed by atoms with E-state index in [0.717, 1.165) is 16.8 Å². The molecule has 2 aromatic carbocycles. The Hall–Kier alpha value is -3.41. The van der Waals surface area contributed by atoms with Crippen LogP contribution in [0.3, 0.4) is 0 Å². The van der Waals surface area contributed by atoms with Crippen LogP contribution in [0.4, 0.5) is 0 Å². The van der Waals surface area contributed by atoms with Gasteiger partial charge in [-0.3, -0.25) is 9.59 Å². The van der Waals surface area contributed by atoms with Crippen LogP contribution in [0.2, 0.25) is 0 Å². The minimum absolute atomic E-state index is 0.0241. The highest BCUT2D eigenvalue weighted by Crippen LogP contribution is 2.22. The number of aromatic nitrogens is 2. The number of nitrogens with one attached hydrogen (secondary N) is 3. The number of imidazole rings is 1. The van der Waals surface area contributed by atoms with E-state index in [9.17, 15) is 9.59 Å². The zero-order valence-electron chi connectivity index (χ0n) is 18.5. The molecule has 3 rings (SSSR count). The van der Waals surface area contributed by atoms with Crippen molar-refractivity contribution in [2.24, 2.45) is 0 Å². The van der Waals surface area contributed by atoms with E-state index >= 15 is 0 Å². The standard InChI is InChI=1S/C25H30N4O2/c1-5-20(23-26-15-21(29-23)17-9-7-6-8-10-17)28-22(30)16-27-24(31)18-11-13-19(14-12-18)25(2,3)4/h6-15,20H,5,16H2,1-4H3,(H,26,29)(H,27,31)(H,28,30). The molecule has 6 nitrogen and oxygen atoms in total. The van der Waals surface area contributed by atoms with Crippen molar-refractivity contribution in [1.82, 2.24) is 20.6 Å². The van der Waals surface area contributed by atoms with Crippen molar-refractivity contribution in [2.75, 3.05) is 6.54 Å². The number of hydrogen-bond donors (Lipinski definition) is 3. The second-order valence-electron chi connectivity index (χ2n) is 8.59. The highest BCUT2D eigenvalue weighted by molar-refractivity contribution is 5.96. The van der Waals surface area contributed by atoms with E-state index < -0.39 is 0 Å². The number of benzene rings is 2. The van der Waals surface area contributed by atoms with Crippen molar-refractivity contribution < 1.29 is 9.59 Å². The molecule has 0 aliphatic heterocycles. The molecule has 0 aliphatic rings. The SMILES string of the molecule is CCC(NC(=O)CNC(=O)c1ccc(C(C)(C)C)cc1)c1ncc(-c2ccccc2)[nH]1. The van der Waals surface area contributed by atoms with Crippen molar-refractivity contribution in [3.05, 3.63) is 77.7 Å². The second-order valence-corrected chi connectivity index (χ2v) is 8.59. The van der Waals surface area contributed by atoms with Crippen molar-refractivity contribution in [3.63, 3.8) is 0 Å². The van der Waals surface area contributed by atoms with Crippen LogP contribution in [0.25, 0.3) is 11.3 Å². The van der Waals surface area contributed by atoms with Crippen molar-refractivity contribution >= 4 is 11.8 Å². The molecule has 0 bridgehead atoms. The number of aromatic amines is 1. The molecule has 0 saturated carbocycles. The molecular weight excluding hydrogens is 388 g/mol. The number of carbonyl (C=O) groups is 2. The average molecular weight is 419 g/mol. The Bertz CT molecular complexity index is 1020. The zero-order valence-corrected chi connectivity index (χ0v) is 18.5. The average Bonchev–Trinajstić information content (AvgIpc) is 3.26. The number of hydrogen-bond acceptors (Lipinski definition) is 3. The van der Waals surface area contributed by atoms with Gasteiger partial charge in [-0.1, -0.05) is 70.2 Å². The van der Waals surface area contributed by atoms with Crippen molar-refractivity contribution in [1.29, 1.82) is 0 Å². The maximum Gasteiger partial charge on any atom is 0.251 e. The summed E-state index contributed by atoms with van der Waals surface area (Å²) in [7, 11) is 0. The third kappa shape index (κ3) is 5.81. The first kappa shape index (κ1) is 22.3. The maximum atomic E-state index is 12.4. The van der Waals surface area contributed by atoms with Gasteiger partial charge in [0.25, 0.3) is 5.91 Å². The molecular formula is C25H30N4O2. The van der Waals surface area contributed by atoms with E-state index in [-0.39, 0.29) is 29.8 Å². The van der Waals surface area contributed by atoms with Gasteiger partial charge < -0.3 is 15.6 Å². The van der Waals surface area contributed by atoms with E-state index in [1.54, 1.807) is 18.3 Å². The maximum absolute atomic E-state index is 12.4. The normalized spacial score (nSPS) is 12.3. The third-order valence-electron chi connectivity index (χ3n) is 5.18. The van der Waals surface area contributed by atoms with Gasteiger partial charge in [-0.2, -0.15) is 0 Å². The molecule has 0 radical (unpaired) electrons. The summed E-state index contributed by atoms with van der Waals surface area (Å²) < 4.78 is 0. The van der Waals surface area contributed by atoms with Crippen LogP contribution < -0.4 is 10.6 Å². The van der Waals surface area contributed by atoms with E-state index in [1.165, 1.54) is 0 Å². The van der Waals surface area contributed by atoms with Gasteiger partial charge in [-0.25, -0.2) is 4.98 Å². The van der Waals surface area contributed by atoms with Crippen LogP contribution in [0.1, 0.15) is 61.9 Å². The lowest BCUT2D eigenvalue weighted by Crippen LogP contribution is -2.38. The Kier molecular flexibility index (Phi) is 6.90. The molecule has 3 aromatic rings. The predicted molar refractivity (Wildman–Crippen MR) is 123 cm³/mol. The van der Waals surface area contributed by atoms with E-state index in [2.05, 4.69) is 41.4 Å². The smallest absolute Gasteiger partial charge is 0.251 e. The number of nitrogens with zero attached hydrogens (tertiary/aromatic N) is 1. The monoisotopic (exact) mass is 418 g/mol. The zero-order chi connectivity index (χ0) is 22.4. The van der Waals surface area contributed by atoms with Gasteiger partial charge in [-0.05, 0) is 35.1 Å². The predicted octanol–water partition coefficient (Wildman–Crippen LogP) is 4.37. The van der Waals surface area contributed by atoms with Crippen LogP contribution >= 0.6 is 0 Å². The topological polar surface area (TPSA) is 86.9 Å². The van der Waals surface area contributed by atoms with E-state index in [1.807, 2.05) is 49.4 Å². The molecule has 0 spiro atoms. The molecule has 1 aromatic heterocycles. The number of carbonyl (C=O) groups excluding carboxylic acids is 2. The summed E-state index contributed by atoms with van der Waals surface area (Å²) in [6, 6.07) is 17.1. The Balaban J connectivity index is 1.56. The summed E-state index contributed by atoms with van der Waals surface area (Å²) in [6.07, 6.45) is 2.44. The van der Waals surface area contributed by atoms with E-state index in [4.69, 9.17) is 0 Å². The van der Waals surface area contributed by atoms with Crippen LogP contribution in [0, 0.1) is 0 Å². The number of H-pyrrole nitrogens is 1. The molecule has 2 amide bonds. The molecule has 0 saturated heterocycles. The van der Waals surface area contributed by atoms with Gasteiger partial charge >= 0.3 is 0 Å². The van der Waals surface area contributed by atoms with Crippen molar-refractivity contribution in [2.45, 2.75) is 45.6 Å². The third-order valence-corrected chi connectivity index (χ3v) is 5.18. The summed E-state index contributed by atoms with van der Waals surface area (Å²) in [5.41, 5.74) is 3.64. The van der Waals surface area contributed by atoms with Gasteiger partial charge in [0.15, 0.2) is 0 Å². The molecule has 31 heavy (non-hydrogen) atoms. The summed E-state index contributed by atoms with van der Waals surface area (Å²) in [5.74, 6) is 0.163. The Morgan fingerprint density at radius 1 is 1.03 bits per heavy atom. The second kappa shape index (κ2) is 9.60. The molecule has 3 N–H and O–H groups in total. The van der Waals surface area contributed by atoms with Crippen LogP contribution in [-0.2, 0) is 10.2 Å². The fourth-order valence-corrected chi connectivity index (χ4v) is 3.27. The molecule has 1 unspecified atom stereocenters. The van der Waals surface area contributed by atoms with Crippen LogP contribution in [-0.4, -0.2) is 28.3 Å². The quantitative estimate of drug-likeness (QED) is 0.532. The van der Waals surface area contributed by atoms with E-state index in [0.29, 0.717) is 17.8 Å². The lowest BCUT2D eigenvalue weighted by atomic mass is 9.87. The highest BCUT2D eigenvalue weighted by atomic mass is 16.2. The molecule has 6 heteroatoms.